The largest absolute Gasteiger partial charge is 0.469 e. The van der Waals surface area contributed by atoms with E-state index in [0.29, 0.717) is 24.1 Å². The van der Waals surface area contributed by atoms with Crippen molar-refractivity contribution < 1.29 is 41.7 Å². The molecule has 0 aliphatic carbocycles. The number of carbonyl (C=O) groups is 2. The second-order valence-electron chi connectivity index (χ2n) is 12.2. The summed E-state index contributed by atoms with van der Waals surface area (Å²) in [6.45, 7) is 11.6. The lowest BCUT2D eigenvalue weighted by molar-refractivity contribution is -0.141. The summed E-state index contributed by atoms with van der Waals surface area (Å²) in [4.78, 5) is 38.4. The second-order valence-corrected chi connectivity index (χ2v) is 17.8. The number of ether oxygens (including phenoxy) is 4. The molecule has 11 nitrogen and oxygen atoms in total. The predicted octanol–water partition coefficient (Wildman–Crippen LogP) is 4.02. The van der Waals surface area contributed by atoms with Gasteiger partial charge in [-0.15, -0.1) is 0 Å². The number of halogens is 3. The van der Waals surface area contributed by atoms with E-state index in [4.69, 9.17) is 14.2 Å². The molecule has 1 amide bonds. The molecule has 1 N–H and O–H groups in total. The summed E-state index contributed by atoms with van der Waals surface area (Å²) in [7, 11) is -0.200. The highest BCUT2D eigenvalue weighted by Gasteiger charge is 2.41. The van der Waals surface area contributed by atoms with E-state index >= 15 is 0 Å². The summed E-state index contributed by atoms with van der Waals surface area (Å²) in [5.74, 6) is -0.580. The zero-order valence-corrected chi connectivity index (χ0v) is 25.9. The molecule has 1 saturated heterocycles. The zero-order chi connectivity index (χ0) is 31.0. The van der Waals surface area contributed by atoms with Crippen LogP contribution in [0.15, 0.2) is 11.0 Å². The van der Waals surface area contributed by atoms with E-state index in [-0.39, 0.29) is 38.6 Å². The van der Waals surface area contributed by atoms with Crippen molar-refractivity contribution in [2.45, 2.75) is 96.3 Å². The summed E-state index contributed by atoms with van der Waals surface area (Å²) in [5, 5.41) is 6.54. The lowest BCUT2D eigenvalue weighted by atomic mass is 10.2. The van der Waals surface area contributed by atoms with Crippen LogP contribution in [0.2, 0.25) is 25.7 Å². The number of alkyl carbamates (subject to hydrolysis) is 1. The number of amides is 1. The molecule has 2 heterocycles. The number of hydrogen-bond acceptors (Lipinski definition) is 9. The molecule has 1 unspecified atom stereocenters. The summed E-state index contributed by atoms with van der Waals surface area (Å²) in [6, 6.07) is -0.472. The fourth-order valence-corrected chi connectivity index (χ4v) is 4.93. The van der Waals surface area contributed by atoms with E-state index in [1.165, 1.54) is 12.0 Å². The molecule has 2 atom stereocenters. The van der Waals surface area contributed by atoms with Crippen LogP contribution in [0.3, 0.4) is 0 Å². The summed E-state index contributed by atoms with van der Waals surface area (Å²) in [6.07, 6.45) is -3.70. The molecular weight excluding hydrogens is 565 g/mol. The van der Waals surface area contributed by atoms with E-state index in [1.54, 1.807) is 20.8 Å². The Balaban J connectivity index is 2.14. The minimum Gasteiger partial charge on any atom is -0.469 e. The molecule has 2 rings (SSSR count). The minimum atomic E-state index is -4.91. The number of nitrogens with zero attached hydrogens (tertiary/aromatic N) is 3. The Morgan fingerprint density at radius 3 is 2.46 bits per heavy atom. The van der Waals surface area contributed by atoms with E-state index in [1.807, 2.05) is 0 Å². The Bertz CT molecular complexity index is 1090. The van der Waals surface area contributed by atoms with Crippen molar-refractivity contribution in [3.05, 3.63) is 22.1 Å². The molecule has 1 aliphatic heterocycles. The van der Waals surface area contributed by atoms with E-state index in [2.05, 4.69) is 34.8 Å². The monoisotopic (exact) mass is 608 g/mol. The van der Waals surface area contributed by atoms with Gasteiger partial charge in [-0.1, -0.05) is 19.6 Å². The maximum Gasteiger partial charge on any atom is 0.423 e. The van der Waals surface area contributed by atoms with Crippen LogP contribution in [0.1, 0.15) is 45.6 Å². The number of alkyl halides is 3. The van der Waals surface area contributed by atoms with Crippen molar-refractivity contribution in [1.29, 1.82) is 0 Å². The van der Waals surface area contributed by atoms with Gasteiger partial charge in [-0.2, -0.15) is 18.3 Å². The van der Waals surface area contributed by atoms with Crippen molar-refractivity contribution in [2.75, 3.05) is 38.4 Å². The quantitative estimate of drug-likeness (QED) is 0.201. The van der Waals surface area contributed by atoms with E-state index in [9.17, 15) is 27.6 Å². The molecule has 0 radical (unpaired) electrons. The standard InChI is InChI=1S/C26H43F3N4O7Si/c1-25(2,3)40-24(36)31-18(13-21(34)37-4)15-39-16-19-9-8-10-32(19)20-14-30-33(17-38-11-12-41(5,6)7)23(35)22(20)26(27,28)29/h14,18-19H,8-13,15-17H2,1-7H3,(H,31,36)/t18?,19-/m0/s1. The zero-order valence-electron chi connectivity index (χ0n) is 24.9. The molecule has 1 aliphatic rings. The number of nitrogens with one attached hydrogen (secondary N) is 1. The Morgan fingerprint density at radius 2 is 1.88 bits per heavy atom. The van der Waals surface area contributed by atoms with Gasteiger partial charge >= 0.3 is 18.2 Å². The van der Waals surface area contributed by atoms with Gasteiger partial charge in [-0.3, -0.25) is 9.59 Å². The van der Waals surface area contributed by atoms with Crippen molar-refractivity contribution in [2.24, 2.45) is 0 Å². The Morgan fingerprint density at radius 1 is 1.20 bits per heavy atom. The van der Waals surface area contributed by atoms with Crippen LogP contribution in [-0.2, 0) is 36.6 Å². The number of esters is 1. The van der Waals surface area contributed by atoms with Crippen LogP contribution in [-0.4, -0.2) is 81.1 Å². The van der Waals surface area contributed by atoms with Crippen molar-refractivity contribution in [3.63, 3.8) is 0 Å². The third kappa shape index (κ3) is 11.6. The molecule has 1 aromatic rings. The fraction of sp³-hybridized carbons (Fsp3) is 0.769. The highest BCUT2D eigenvalue weighted by atomic mass is 28.3. The molecule has 0 bridgehead atoms. The van der Waals surface area contributed by atoms with Crippen molar-refractivity contribution >= 4 is 25.8 Å². The maximum absolute atomic E-state index is 14.1. The van der Waals surface area contributed by atoms with Gasteiger partial charge in [-0.25, -0.2) is 9.48 Å². The Hall–Kier alpha value is -2.65. The average molecular weight is 609 g/mol. The smallest absolute Gasteiger partial charge is 0.423 e. The SMILES string of the molecule is COC(=O)CC(COC[C@@H]1CCCN1c1cnn(COCC[Si](C)(C)C)c(=O)c1C(F)(F)F)NC(=O)OC(C)(C)C. The van der Waals surface area contributed by atoms with Gasteiger partial charge in [0.1, 0.15) is 17.9 Å². The third-order valence-corrected chi connectivity index (χ3v) is 7.90. The van der Waals surface area contributed by atoms with Crippen molar-refractivity contribution in [3.8, 4) is 0 Å². The molecule has 1 aromatic heterocycles. The molecule has 0 saturated carbocycles. The highest BCUT2D eigenvalue weighted by Crippen LogP contribution is 2.36. The summed E-state index contributed by atoms with van der Waals surface area (Å²) in [5.41, 5.74) is -3.65. The Kier molecular flexibility index (Phi) is 12.2. The van der Waals surface area contributed by atoms with Gasteiger partial charge in [-0.05, 0) is 39.7 Å². The molecule has 41 heavy (non-hydrogen) atoms. The first-order valence-electron chi connectivity index (χ1n) is 13.6. The van der Waals surface area contributed by atoms with Gasteiger partial charge < -0.3 is 29.2 Å². The van der Waals surface area contributed by atoms with Crippen LogP contribution < -0.4 is 15.8 Å². The van der Waals surface area contributed by atoms with Gasteiger partial charge in [0, 0.05) is 21.2 Å². The van der Waals surface area contributed by atoms with E-state index in [0.717, 1.165) is 12.2 Å². The molecule has 234 valence electrons. The third-order valence-electron chi connectivity index (χ3n) is 6.19. The minimum absolute atomic E-state index is 0.00610. The summed E-state index contributed by atoms with van der Waals surface area (Å²) < 4.78 is 64.2. The predicted molar refractivity (Wildman–Crippen MR) is 149 cm³/mol. The number of methoxy groups -OCH3 is 1. The summed E-state index contributed by atoms with van der Waals surface area (Å²) >= 11 is 0. The highest BCUT2D eigenvalue weighted by molar-refractivity contribution is 6.76. The van der Waals surface area contributed by atoms with Crippen LogP contribution in [0, 0.1) is 0 Å². The van der Waals surface area contributed by atoms with Crippen LogP contribution in [0.25, 0.3) is 0 Å². The first kappa shape index (κ1) is 34.5. The number of anilines is 1. The molecule has 0 spiro atoms. The number of rotatable bonds is 13. The first-order chi connectivity index (χ1) is 18.9. The van der Waals surface area contributed by atoms with Gasteiger partial charge in [0.2, 0.25) is 0 Å². The molecular formula is C26H43F3N4O7Si. The van der Waals surface area contributed by atoms with E-state index < -0.39 is 55.1 Å². The second kappa shape index (κ2) is 14.5. The fourth-order valence-electron chi connectivity index (χ4n) is 4.17. The number of aromatic nitrogens is 2. The van der Waals surface area contributed by atoms with Crippen LogP contribution in [0.5, 0.6) is 0 Å². The van der Waals surface area contributed by atoms with Crippen molar-refractivity contribution in [1.82, 2.24) is 15.1 Å². The van der Waals surface area contributed by atoms with Crippen LogP contribution in [0.4, 0.5) is 23.7 Å². The molecule has 15 heteroatoms. The maximum atomic E-state index is 14.1. The normalized spacial score (nSPS) is 16.9. The lowest BCUT2D eigenvalue weighted by Gasteiger charge is -2.29. The molecule has 0 aromatic carbocycles. The van der Waals surface area contributed by atoms with Crippen LogP contribution >= 0.6 is 0 Å². The Labute approximate surface area is 239 Å². The van der Waals surface area contributed by atoms with Gasteiger partial charge in [0.05, 0.1) is 50.7 Å². The average Bonchev–Trinajstić information content (AvgIpc) is 3.27. The number of hydrogen-bond donors (Lipinski definition) is 1. The molecule has 1 fully saturated rings. The first-order valence-corrected chi connectivity index (χ1v) is 17.3. The lowest BCUT2D eigenvalue weighted by Crippen LogP contribution is -2.44. The number of carbonyl (C=O) groups excluding carboxylic acids is 2. The van der Waals surface area contributed by atoms with Gasteiger partial charge in [0.25, 0.3) is 5.56 Å². The van der Waals surface area contributed by atoms with Gasteiger partial charge in [0.15, 0.2) is 0 Å². The topological polar surface area (TPSA) is 121 Å².